The molecule has 0 aliphatic heterocycles. The van der Waals surface area contributed by atoms with Crippen LogP contribution in [0.3, 0.4) is 0 Å². The zero-order valence-electron chi connectivity index (χ0n) is 14.2. The van der Waals surface area contributed by atoms with Crippen molar-refractivity contribution < 1.29 is 14.0 Å². The highest BCUT2D eigenvalue weighted by molar-refractivity contribution is 7.14. The van der Waals surface area contributed by atoms with E-state index in [0.717, 1.165) is 17.4 Å². The van der Waals surface area contributed by atoms with E-state index >= 15 is 0 Å². The molecule has 3 aromatic rings. The lowest BCUT2D eigenvalue weighted by Gasteiger charge is -2.04. The molecule has 9 heteroatoms. The molecule has 0 aliphatic rings. The van der Waals surface area contributed by atoms with Crippen molar-refractivity contribution in [2.75, 3.05) is 11.9 Å². The summed E-state index contributed by atoms with van der Waals surface area (Å²) < 4.78 is 15.3. The topological polar surface area (TPSA) is 99.8 Å². The SMILES string of the molecule is Cn1ccc(C(=O)NCC(=O)Nc2nc(-c3cc(F)cc(C#N)c3)cs2)c1. The summed E-state index contributed by atoms with van der Waals surface area (Å²) in [5.74, 6) is -1.32. The van der Waals surface area contributed by atoms with Gasteiger partial charge in [0.05, 0.1) is 29.4 Å². The average molecular weight is 383 g/mol. The highest BCUT2D eigenvalue weighted by atomic mass is 32.1. The largest absolute Gasteiger partial charge is 0.356 e. The van der Waals surface area contributed by atoms with Crippen molar-refractivity contribution in [3.63, 3.8) is 0 Å². The first-order chi connectivity index (χ1) is 12.9. The lowest BCUT2D eigenvalue weighted by atomic mass is 10.1. The fourth-order valence-electron chi connectivity index (χ4n) is 2.33. The molecule has 1 aromatic carbocycles. The van der Waals surface area contributed by atoms with Crippen LogP contribution in [0.25, 0.3) is 11.3 Å². The fourth-order valence-corrected chi connectivity index (χ4v) is 3.07. The first-order valence-electron chi connectivity index (χ1n) is 7.81. The molecule has 0 saturated carbocycles. The number of hydrogen-bond donors (Lipinski definition) is 2. The normalized spacial score (nSPS) is 10.3. The van der Waals surface area contributed by atoms with Crippen LogP contribution in [-0.2, 0) is 11.8 Å². The number of nitrogens with one attached hydrogen (secondary N) is 2. The average Bonchev–Trinajstić information content (AvgIpc) is 3.28. The lowest BCUT2D eigenvalue weighted by Crippen LogP contribution is -2.32. The maximum absolute atomic E-state index is 13.5. The van der Waals surface area contributed by atoms with Gasteiger partial charge in [0.1, 0.15) is 5.82 Å². The van der Waals surface area contributed by atoms with Crippen LogP contribution in [0, 0.1) is 17.1 Å². The van der Waals surface area contributed by atoms with E-state index in [2.05, 4.69) is 15.6 Å². The minimum atomic E-state index is -0.536. The van der Waals surface area contributed by atoms with Crippen molar-refractivity contribution in [3.8, 4) is 17.3 Å². The van der Waals surface area contributed by atoms with Gasteiger partial charge in [-0.3, -0.25) is 9.59 Å². The minimum absolute atomic E-state index is 0.187. The Labute approximate surface area is 158 Å². The molecule has 0 radical (unpaired) electrons. The molecule has 2 heterocycles. The number of thiazole rings is 1. The second-order valence-electron chi connectivity index (χ2n) is 5.67. The number of amides is 2. The van der Waals surface area contributed by atoms with Crippen LogP contribution >= 0.6 is 11.3 Å². The van der Waals surface area contributed by atoms with Crippen molar-refractivity contribution in [2.45, 2.75) is 0 Å². The summed E-state index contributed by atoms with van der Waals surface area (Å²) in [6.45, 7) is -0.207. The van der Waals surface area contributed by atoms with Crippen LogP contribution in [0.4, 0.5) is 9.52 Å². The molecule has 7 nitrogen and oxygen atoms in total. The number of aromatic nitrogens is 2. The minimum Gasteiger partial charge on any atom is -0.356 e. The summed E-state index contributed by atoms with van der Waals surface area (Å²) in [6, 6.07) is 7.45. The van der Waals surface area contributed by atoms with Crippen molar-refractivity contribution >= 4 is 28.3 Å². The number of anilines is 1. The Morgan fingerprint density at radius 2 is 2.19 bits per heavy atom. The summed E-state index contributed by atoms with van der Waals surface area (Å²) in [5, 5.41) is 16.0. The van der Waals surface area contributed by atoms with Crippen LogP contribution in [0.5, 0.6) is 0 Å². The Hall–Kier alpha value is -3.51. The van der Waals surface area contributed by atoms with Gasteiger partial charge < -0.3 is 15.2 Å². The molecule has 0 aliphatic carbocycles. The van der Waals surface area contributed by atoms with Crippen molar-refractivity contribution in [1.82, 2.24) is 14.9 Å². The number of nitrogens with zero attached hydrogens (tertiary/aromatic N) is 3. The van der Waals surface area contributed by atoms with E-state index in [1.54, 1.807) is 35.5 Å². The van der Waals surface area contributed by atoms with E-state index in [1.165, 1.54) is 12.1 Å². The van der Waals surface area contributed by atoms with Gasteiger partial charge in [0, 0.05) is 30.4 Å². The van der Waals surface area contributed by atoms with Crippen LogP contribution < -0.4 is 10.6 Å². The number of hydrogen-bond acceptors (Lipinski definition) is 5. The van der Waals surface area contributed by atoms with Gasteiger partial charge >= 0.3 is 0 Å². The third kappa shape index (κ3) is 4.56. The van der Waals surface area contributed by atoms with Gasteiger partial charge in [-0.15, -0.1) is 11.3 Å². The molecule has 0 bridgehead atoms. The van der Waals surface area contributed by atoms with E-state index in [-0.39, 0.29) is 18.0 Å². The Bertz CT molecular complexity index is 1050. The van der Waals surface area contributed by atoms with Gasteiger partial charge in [0.25, 0.3) is 5.91 Å². The molecular formula is C18H14FN5O2S. The van der Waals surface area contributed by atoms with Crippen LogP contribution in [0.15, 0.2) is 42.0 Å². The molecular weight excluding hydrogens is 369 g/mol. The van der Waals surface area contributed by atoms with Crippen LogP contribution in [0.2, 0.25) is 0 Å². The van der Waals surface area contributed by atoms with E-state index in [1.807, 2.05) is 6.07 Å². The highest BCUT2D eigenvalue weighted by Gasteiger charge is 2.12. The van der Waals surface area contributed by atoms with Gasteiger partial charge in [-0.05, 0) is 24.3 Å². The van der Waals surface area contributed by atoms with Crippen LogP contribution in [-0.4, -0.2) is 27.9 Å². The summed E-state index contributed by atoms with van der Waals surface area (Å²) in [4.78, 5) is 28.1. The molecule has 0 atom stereocenters. The number of rotatable bonds is 5. The van der Waals surface area contributed by atoms with Crippen molar-refractivity contribution in [1.29, 1.82) is 5.26 Å². The Kier molecular flexibility index (Phi) is 5.28. The highest BCUT2D eigenvalue weighted by Crippen LogP contribution is 2.26. The van der Waals surface area contributed by atoms with Gasteiger partial charge in [-0.25, -0.2) is 9.37 Å². The summed E-state index contributed by atoms with van der Waals surface area (Å²) in [6.07, 6.45) is 3.38. The number of nitriles is 1. The number of benzene rings is 1. The third-order valence-corrected chi connectivity index (χ3v) is 4.33. The zero-order chi connectivity index (χ0) is 19.4. The van der Waals surface area contributed by atoms with Crippen LogP contribution in [0.1, 0.15) is 15.9 Å². The summed E-state index contributed by atoms with van der Waals surface area (Å²) in [7, 11) is 1.79. The van der Waals surface area contributed by atoms with Crippen molar-refractivity contribution in [2.24, 2.45) is 7.05 Å². The third-order valence-electron chi connectivity index (χ3n) is 3.58. The molecule has 2 aromatic heterocycles. The lowest BCUT2D eigenvalue weighted by molar-refractivity contribution is -0.115. The van der Waals surface area contributed by atoms with Gasteiger partial charge in [-0.1, -0.05) is 0 Å². The van der Waals surface area contributed by atoms with Crippen molar-refractivity contribution in [3.05, 3.63) is 59.0 Å². The Balaban J connectivity index is 1.60. The summed E-state index contributed by atoms with van der Waals surface area (Å²) in [5.41, 5.74) is 1.54. The number of aryl methyl sites for hydroxylation is 1. The Morgan fingerprint density at radius 1 is 1.37 bits per heavy atom. The number of carbonyl (C=O) groups is 2. The van der Waals surface area contributed by atoms with E-state index in [4.69, 9.17) is 5.26 Å². The van der Waals surface area contributed by atoms with Gasteiger partial charge in [0.2, 0.25) is 5.91 Å². The Morgan fingerprint density at radius 3 is 2.89 bits per heavy atom. The van der Waals surface area contributed by atoms with E-state index in [9.17, 15) is 14.0 Å². The molecule has 2 N–H and O–H groups in total. The first-order valence-corrected chi connectivity index (χ1v) is 8.69. The van der Waals surface area contributed by atoms with Gasteiger partial charge in [0.15, 0.2) is 5.13 Å². The first kappa shape index (κ1) is 18.3. The molecule has 2 amide bonds. The standard InChI is InChI=1S/C18H14FN5O2S/c1-24-3-2-12(9-24)17(26)21-8-16(25)23-18-22-15(10-27-18)13-4-11(7-20)5-14(19)6-13/h2-6,9-10H,8H2,1H3,(H,21,26)(H,22,23,25). The molecule has 0 fully saturated rings. The second-order valence-corrected chi connectivity index (χ2v) is 6.53. The molecule has 3 rings (SSSR count). The summed E-state index contributed by atoms with van der Waals surface area (Å²) >= 11 is 1.16. The van der Waals surface area contributed by atoms with E-state index in [0.29, 0.717) is 22.0 Å². The second kappa shape index (κ2) is 7.80. The molecule has 27 heavy (non-hydrogen) atoms. The number of halogens is 1. The quantitative estimate of drug-likeness (QED) is 0.707. The van der Waals surface area contributed by atoms with Gasteiger partial charge in [-0.2, -0.15) is 5.26 Å². The maximum atomic E-state index is 13.5. The smallest absolute Gasteiger partial charge is 0.253 e. The maximum Gasteiger partial charge on any atom is 0.253 e. The number of carbonyl (C=O) groups excluding carboxylic acids is 2. The molecule has 0 saturated heterocycles. The van der Waals surface area contributed by atoms with E-state index < -0.39 is 11.7 Å². The monoisotopic (exact) mass is 383 g/mol. The fraction of sp³-hybridized carbons (Fsp3) is 0.111. The predicted molar refractivity (Wildman–Crippen MR) is 98.6 cm³/mol. The molecule has 0 unspecified atom stereocenters. The zero-order valence-corrected chi connectivity index (χ0v) is 15.0. The molecule has 136 valence electrons. The molecule has 0 spiro atoms. The predicted octanol–water partition coefficient (Wildman–Crippen LogP) is 2.53.